The van der Waals surface area contributed by atoms with Gasteiger partial charge < -0.3 is 9.42 Å². The Morgan fingerprint density at radius 1 is 1.16 bits per heavy atom. The number of halogens is 1. The highest BCUT2D eigenvalue weighted by atomic mass is 35.5. The third kappa shape index (κ3) is 4.73. The van der Waals surface area contributed by atoms with Crippen molar-refractivity contribution in [1.29, 1.82) is 0 Å². The summed E-state index contributed by atoms with van der Waals surface area (Å²) in [6.45, 7) is 4.66. The minimum Gasteiger partial charge on any atom is -0.338 e. The number of non-ortho nitro benzene ring substituents is 1. The van der Waals surface area contributed by atoms with Crippen molar-refractivity contribution in [2.45, 2.75) is 13.5 Å². The van der Waals surface area contributed by atoms with Crippen LogP contribution in [0.3, 0.4) is 0 Å². The van der Waals surface area contributed by atoms with E-state index in [0.29, 0.717) is 44.4 Å². The van der Waals surface area contributed by atoms with Gasteiger partial charge in [-0.3, -0.25) is 19.8 Å². The standard InChI is InChI=1S/C21H20ClN5O4/c1-14-2-4-15(5-3-14)20-23-19(31-24-20)13-25-8-10-26(11-9-25)21(28)17-12-16(27(29)30)6-7-18(17)22/h2-7,12H,8-11,13H2,1H3. The van der Waals surface area contributed by atoms with Crippen molar-refractivity contribution >= 4 is 23.2 Å². The van der Waals surface area contributed by atoms with Crippen molar-refractivity contribution in [2.75, 3.05) is 26.2 Å². The van der Waals surface area contributed by atoms with Crippen LogP contribution in [-0.4, -0.2) is 56.9 Å². The number of aromatic nitrogens is 2. The molecule has 9 nitrogen and oxygen atoms in total. The van der Waals surface area contributed by atoms with Crippen molar-refractivity contribution in [3.8, 4) is 11.4 Å². The van der Waals surface area contributed by atoms with Crippen LogP contribution < -0.4 is 0 Å². The number of piperazine rings is 1. The van der Waals surface area contributed by atoms with Crippen LogP contribution in [0.4, 0.5) is 5.69 Å². The van der Waals surface area contributed by atoms with Crippen LogP contribution in [0.1, 0.15) is 21.8 Å². The fourth-order valence-electron chi connectivity index (χ4n) is 3.40. The van der Waals surface area contributed by atoms with Gasteiger partial charge in [0.1, 0.15) is 0 Å². The molecule has 0 aliphatic carbocycles. The second-order valence-electron chi connectivity index (χ2n) is 7.37. The van der Waals surface area contributed by atoms with Crippen molar-refractivity contribution in [3.05, 3.63) is 74.6 Å². The Morgan fingerprint density at radius 3 is 2.55 bits per heavy atom. The maximum Gasteiger partial charge on any atom is 0.270 e. The summed E-state index contributed by atoms with van der Waals surface area (Å²) in [4.78, 5) is 31.5. The minimum absolute atomic E-state index is 0.143. The fourth-order valence-corrected chi connectivity index (χ4v) is 3.60. The molecule has 1 aliphatic rings. The molecule has 2 heterocycles. The third-order valence-corrected chi connectivity index (χ3v) is 5.52. The summed E-state index contributed by atoms with van der Waals surface area (Å²) in [6, 6.07) is 11.8. The zero-order valence-corrected chi connectivity index (χ0v) is 17.6. The molecule has 0 radical (unpaired) electrons. The number of carbonyl (C=O) groups is 1. The molecule has 0 spiro atoms. The summed E-state index contributed by atoms with van der Waals surface area (Å²) < 4.78 is 5.38. The topological polar surface area (TPSA) is 106 Å². The molecular formula is C21H20ClN5O4. The minimum atomic E-state index is -0.541. The molecule has 1 saturated heterocycles. The van der Waals surface area contributed by atoms with Crippen LogP contribution in [0, 0.1) is 17.0 Å². The first-order valence-corrected chi connectivity index (χ1v) is 10.1. The van der Waals surface area contributed by atoms with Crippen molar-refractivity contribution in [2.24, 2.45) is 0 Å². The number of benzene rings is 2. The van der Waals surface area contributed by atoms with Crippen LogP contribution in [0.2, 0.25) is 5.02 Å². The number of nitrogens with zero attached hydrogens (tertiary/aromatic N) is 5. The maximum atomic E-state index is 12.8. The van der Waals surface area contributed by atoms with Gasteiger partial charge in [0.25, 0.3) is 11.6 Å². The average Bonchev–Trinajstić information content (AvgIpc) is 3.23. The number of nitro groups is 1. The second-order valence-corrected chi connectivity index (χ2v) is 7.77. The van der Waals surface area contributed by atoms with Gasteiger partial charge in [-0.2, -0.15) is 4.98 Å². The normalized spacial score (nSPS) is 14.6. The summed E-state index contributed by atoms with van der Waals surface area (Å²) in [7, 11) is 0. The predicted octanol–water partition coefficient (Wildman–Crippen LogP) is 3.56. The number of aryl methyl sites for hydroxylation is 1. The van der Waals surface area contributed by atoms with E-state index in [1.54, 1.807) is 4.90 Å². The first-order chi connectivity index (χ1) is 14.9. The SMILES string of the molecule is Cc1ccc(-c2noc(CN3CCN(C(=O)c4cc([N+](=O)[O-])ccc4Cl)CC3)n2)cc1. The molecule has 0 saturated carbocycles. The van der Waals surface area contributed by atoms with Gasteiger partial charge in [0.05, 0.1) is 22.1 Å². The van der Waals surface area contributed by atoms with Crippen LogP contribution in [0.15, 0.2) is 47.0 Å². The molecule has 0 N–H and O–H groups in total. The molecular weight excluding hydrogens is 422 g/mol. The molecule has 0 unspecified atom stereocenters. The molecule has 31 heavy (non-hydrogen) atoms. The Balaban J connectivity index is 1.36. The third-order valence-electron chi connectivity index (χ3n) is 5.19. The largest absolute Gasteiger partial charge is 0.338 e. The van der Waals surface area contributed by atoms with Gasteiger partial charge in [-0.05, 0) is 13.0 Å². The van der Waals surface area contributed by atoms with E-state index in [0.717, 1.165) is 11.1 Å². The summed E-state index contributed by atoms with van der Waals surface area (Å²) >= 11 is 6.10. The number of hydrogen-bond donors (Lipinski definition) is 0. The quantitative estimate of drug-likeness (QED) is 0.440. The zero-order valence-electron chi connectivity index (χ0n) is 16.8. The molecule has 2 aromatic carbocycles. The maximum absolute atomic E-state index is 12.8. The highest BCUT2D eigenvalue weighted by molar-refractivity contribution is 6.33. The van der Waals surface area contributed by atoms with Gasteiger partial charge >= 0.3 is 0 Å². The smallest absolute Gasteiger partial charge is 0.270 e. The van der Waals surface area contributed by atoms with Crippen LogP contribution in [0.5, 0.6) is 0 Å². The fraction of sp³-hybridized carbons (Fsp3) is 0.286. The van der Waals surface area contributed by atoms with Gasteiger partial charge in [-0.1, -0.05) is 46.6 Å². The van der Waals surface area contributed by atoms with E-state index >= 15 is 0 Å². The first-order valence-electron chi connectivity index (χ1n) is 9.76. The van der Waals surface area contributed by atoms with Gasteiger partial charge in [0, 0.05) is 43.9 Å². The summed E-state index contributed by atoms with van der Waals surface area (Å²) in [5.41, 5.74) is 2.03. The van der Waals surface area contributed by atoms with Crippen molar-refractivity contribution in [1.82, 2.24) is 19.9 Å². The van der Waals surface area contributed by atoms with E-state index in [-0.39, 0.29) is 22.2 Å². The Labute approximate surface area is 183 Å². The van der Waals surface area contributed by atoms with E-state index in [9.17, 15) is 14.9 Å². The Morgan fingerprint density at radius 2 is 1.87 bits per heavy atom. The zero-order chi connectivity index (χ0) is 22.0. The lowest BCUT2D eigenvalue weighted by atomic mass is 10.1. The van der Waals surface area contributed by atoms with Crippen molar-refractivity contribution in [3.63, 3.8) is 0 Å². The molecule has 3 aromatic rings. The van der Waals surface area contributed by atoms with E-state index in [2.05, 4.69) is 15.0 Å². The molecule has 1 aromatic heterocycles. The molecule has 0 bridgehead atoms. The number of rotatable bonds is 5. The van der Waals surface area contributed by atoms with Crippen LogP contribution in [0.25, 0.3) is 11.4 Å². The molecule has 160 valence electrons. The lowest BCUT2D eigenvalue weighted by molar-refractivity contribution is -0.384. The highest BCUT2D eigenvalue weighted by Gasteiger charge is 2.26. The van der Waals surface area contributed by atoms with Gasteiger partial charge in [-0.25, -0.2) is 0 Å². The van der Waals surface area contributed by atoms with E-state index in [1.807, 2.05) is 31.2 Å². The molecule has 1 aliphatic heterocycles. The molecule has 1 amide bonds. The molecule has 1 fully saturated rings. The Kier molecular flexibility index (Phi) is 5.97. The number of nitro benzene ring substituents is 1. The number of hydrogen-bond acceptors (Lipinski definition) is 7. The van der Waals surface area contributed by atoms with Crippen LogP contribution >= 0.6 is 11.6 Å². The predicted molar refractivity (Wildman–Crippen MR) is 114 cm³/mol. The summed E-state index contributed by atoms with van der Waals surface area (Å²) in [6.07, 6.45) is 0. The summed E-state index contributed by atoms with van der Waals surface area (Å²) in [5, 5.41) is 15.2. The van der Waals surface area contributed by atoms with Crippen molar-refractivity contribution < 1.29 is 14.2 Å². The lowest BCUT2D eigenvalue weighted by Crippen LogP contribution is -2.48. The van der Waals surface area contributed by atoms with E-state index in [4.69, 9.17) is 16.1 Å². The molecule has 0 atom stereocenters. The van der Waals surface area contributed by atoms with E-state index in [1.165, 1.54) is 18.2 Å². The lowest BCUT2D eigenvalue weighted by Gasteiger charge is -2.34. The average molecular weight is 442 g/mol. The van der Waals surface area contributed by atoms with Gasteiger partial charge in [-0.15, -0.1) is 0 Å². The Hall–Kier alpha value is -3.30. The monoisotopic (exact) mass is 441 g/mol. The number of amides is 1. The molecule has 10 heteroatoms. The number of carbonyl (C=O) groups excluding carboxylic acids is 1. The second kappa shape index (κ2) is 8.83. The Bertz CT molecular complexity index is 1110. The van der Waals surface area contributed by atoms with E-state index < -0.39 is 4.92 Å². The molecule has 4 rings (SSSR count). The first kappa shape index (κ1) is 21.0. The highest BCUT2D eigenvalue weighted by Crippen LogP contribution is 2.24. The summed E-state index contributed by atoms with van der Waals surface area (Å²) in [5.74, 6) is 0.744. The van der Waals surface area contributed by atoms with Gasteiger partial charge in [0.15, 0.2) is 0 Å². The van der Waals surface area contributed by atoms with Gasteiger partial charge in [0.2, 0.25) is 11.7 Å². The van der Waals surface area contributed by atoms with Crippen LogP contribution in [-0.2, 0) is 6.54 Å².